The van der Waals surface area contributed by atoms with Gasteiger partial charge in [-0.25, -0.2) is 0 Å². The van der Waals surface area contributed by atoms with Crippen molar-refractivity contribution >= 4 is 29.3 Å². The molecule has 6 nitrogen and oxygen atoms in total. The summed E-state index contributed by atoms with van der Waals surface area (Å²) in [7, 11) is 3.26. The molecule has 0 bridgehead atoms. The molecule has 0 radical (unpaired) electrons. The first-order valence-electron chi connectivity index (χ1n) is 10.4. The number of hydrogen-bond donors (Lipinski definition) is 1. The largest absolute Gasteiger partial charge is 0.497 e. The molecule has 166 valence electrons. The minimum Gasteiger partial charge on any atom is -0.497 e. The molecule has 0 aliphatic carbocycles. The van der Waals surface area contributed by atoms with Gasteiger partial charge in [0.1, 0.15) is 11.5 Å². The summed E-state index contributed by atoms with van der Waals surface area (Å²) >= 11 is 1.36. The Morgan fingerprint density at radius 3 is 2.58 bits per heavy atom. The number of nitrogens with one attached hydrogen (secondary N) is 1. The van der Waals surface area contributed by atoms with Crippen LogP contribution in [0.3, 0.4) is 0 Å². The summed E-state index contributed by atoms with van der Waals surface area (Å²) in [6.07, 6.45) is 1.81. The second-order valence-electron chi connectivity index (χ2n) is 7.66. The highest BCUT2D eigenvalue weighted by Gasteiger charge is 2.34. The van der Waals surface area contributed by atoms with Crippen LogP contribution in [0.5, 0.6) is 11.5 Å². The van der Waals surface area contributed by atoms with Gasteiger partial charge in [-0.3, -0.25) is 9.59 Å². The third kappa shape index (κ3) is 5.73. The molecule has 1 aliphatic heterocycles. The SMILES string of the molecule is COc1ccc(OC)c(C2CCCN2C(=O)C(C)SCC(=O)Nc2ccc(C)cc2)c1. The molecule has 0 saturated carbocycles. The Balaban J connectivity index is 1.62. The van der Waals surface area contributed by atoms with Gasteiger partial charge in [-0.15, -0.1) is 11.8 Å². The Bertz CT molecular complexity index is 916. The van der Waals surface area contributed by atoms with E-state index in [-0.39, 0.29) is 28.9 Å². The Morgan fingerprint density at radius 2 is 1.90 bits per heavy atom. The number of hydrogen-bond acceptors (Lipinski definition) is 5. The smallest absolute Gasteiger partial charge is 0.235 e. The van der Waals surface area contributed by atoms with Gasteiger partial charge in [-0.05, 0) is 57.0 Å². The quantitative estimate of drug-likeness (QED) is 0.655. The Hall–Kier alpha value is -2.67. The number of aryl methyl sites for hydroxylation is 1. The fourth-order valence-electron chi connectivity index (χ4n) is 3.79. The number of methoxy groups -OCH3 is 2. The lowest BCUT2D eigenvalue weighted by molar-refractivity contribution is -0.131. The van der Waals surface area contributed by atoms with E-state index >= 15 is 0 Å². The molecule has 1 fully saturated rings. The van der Waals surface area contributed by atoms with Crippen molar-refractivity contribution in [2.45, 2.75) is 38.0 Å². The van der Waals surface area contributed by atoms with Gasteiger partial charge < -0.3 is 19.7 Å². The number of rotatable bonds is 8. The monoisotopic (exact) mass is 442 g/mol. The number of amides is 2. The summed E-state index contributed by atoms with van der Waals surface area (Å²) in [4.78, 5) is 27.4. The number of nitrogens with zero attached hydrogens (tertiary/aromatic N) is 1. The molecule has 1 aliphatic rings. The lowest BCUT2D eigenvalue weighted by atomic mass is 10.0. The van der Waals surface area contributed by atoms with E-state index in [1.807, 2.05) is 61.2 Å². The summed E-state index contributed by atoms with van der Waals surface area (Å²) < 4.78 is 10.9. The van der Waals surface area contributed by atoms with Crippen molar-refractivity contribution in [1.29, 1.82) is 0 Å². The predicted molar refractivity (Wildman–Crippen MR) is 125 cm³/mol. The van der Waals surface area contributed by atoms with Gasteiger partial charge in [0, 0.05) is 17.8 Å². The maximum absolute atomic E-state index is 13.2. The van der Waals surface area contributed by atoms with Crippen LogP contribution in [0.25, 0.3) is 0 Å². The lowest BCUT2D eigenvalue weighted by Crippen LogP contribution is -2.36. The predicted octanol–water partition coefficient (Wildman–Crippen LogP) is 4.44. The van der Waals surface area contributed by atoms with E-state index in [0.717, 1.165) is 41.2 Å². The number of anilines is 1. The zero-order valence-electron chi connectivity index (χ0n) is 18.5. The van der Waals surface area contributed by atoms with Crippen LogP contribution in [0.15, 0.2) is 42.5 Å². The summed E-state index contributed by atoms with van der Waals surface area (Å²) in [5, 5.41) is 2.56. The molecule has 31 heavy (non-hydrogen) atoms. The van der Waals surface area contributed by atoms with E-state index in [9.17, 15) is 9.59 Å². The maximum Gasteiger partial charge on any atom is 0.235 e. The molecule has 7 heteroatoms. The summed E-state index contributed by atoms with van der Waals surface area (Å²) in [6.45, 7) is 4.57. The Kier molecular flexibility index (Phi) is 7.85. The molecule has 1 saturated heterocycles. The molecule has 1 N–H and O–H groups in total. The highest BCUT2D eigenvalue weighted by molar-refractivity contribution is 8.01. The highest BCUT2D eigenvalue weighted by Crippen LogP contribution is 2.39. The van der Waals surface area contributed by atoms with Gasteiger partial charge in [0.25, 0.3) is 0 Å². The third-order valence-electron chi connectivity index (χ3n) is 5.48. The topological polar surface area (TPSA) is 67.9 Å². The zero-order chi connectivity index (χ0) is 22.4. The lowest BCUT2D eigenvalue weighted by Gasteiger charge is -2.28. The van der Waals surface area contributed by atoms with E-state index in [1.54, 1.807) is 14.2 Å². The fourth-order valence-corrected chi connectivity index (χ4v) is 4.54. The molecule has 2 aromatic rings. The molecule has 1 heterocycles. The molecule has 2 aromatic carbocycles. The van der Waals surface area contributed by atoms with Gasteiger partial charge in [-0.2, -0.15) is 0 Å². The second-order valence-corrected chi connectivity index (χ2v) is 8.99. The van der Waals surface area contributed by atoms with E-state index in [0.29, 0.717) is 6.54 Å². The van der Waals surface area contributed by atoms with Gasteiger partial charge in [0.2, 0.25) is 11.8 Å². The second kappa shape index (κ2) is 10.6. The minimum absolute atomic E-state index is 0.0421. The average molecular weight is 443 g/mol. The number of ether oxygens (including phenoxy) is 2. The standard InChI is InChI=1S/C24H30N2O4S/c1-16-7-9-18(10-8-16)25-23(27)15-31-17(2)24(28)26-13-5-6-21(26)20-14-19(29-3)11-12-22(20)30-4/h7-12,14,17,21H,5-6,13,15H2,1-4H3,(H,25,27). The number of thioether (sulfide) groups is 1. The van der Waals surface area contributed by atoms with Crippen molar-refractivity contribution in [3.8, 4) is 11.5 Å². The van der Waals surface area contributed by atoms with Crippen molar-refractivity contribution < 1.29 is 19.1 Å². The van der Waals surface area contributed by atoms with E-state index < -0.39 is 0 Å². The molecule has 2 amide bonds. The first kappa shape index (κ1) is 23.0. The molecule has 2 unspecified atom stereocenters. The minimum atomic E-state index is -0.319. The van der Waals surface area contributed by atoms with Crippen LogP contribution >= 0.6 is 11.8 Å². The number of benzene rings is 2. The van der Waals surface area contributed by atoms with Crippen LogP contribution in [0.4, 0.5) is 5.69 Å². The maximum atomic E-state index is 13.2. The van der Waals surface area contributed by atoms with Crippen LogP contribution in [-0.2, 0) is 9.59 Å². The van der Waals surface area contributed by atoms with E-state index in [1.165, 1.54) is 11.8 Å². The summed E-state index contributed by atoms with van der Waals surface area (Å²) in [5.74, 6) is 1.65. The van der Waals surface area contributed by atoms with Crippen LogP contribution in [0, 0.1) is 6.92 Å². The average Bonchev–Trinajstić information content (AvgIpc) is 3.27. The van der Waals surface area contributed by atoms with Crippen molar-refractivity contribution in [2.75, 3.05) is 31.8 Å². The first-order chi connectivity index (χ1) is 14.9. The van der Waals surface area contributed by atoms with Gasteiger partial charge in [0.15, 0.2) is 0 Å². The number of carbonyl (C=O) groups excluding carboxylic acids is 2. The summed E-state index contributed by atoms with van der Waals surface area (Å²) in [5.41, 5.74) is 2.86. The van der Waals surface area contributed by atoms with Crippen molar-refractivity contribution in [3.05, 3.63) is 53.6 Å². The summed E-state index contributed by atoms with van der Waals surface area (Å²) in [6, 6.07) is 13.3. The van der Waals surface area contributed by atoms with Crippen molar-refractivity contribution in [3.63, 3.8) is 0 Å². The molecule has 0 aromatic heterocycles. The van der Waals surface area contributed by atoms with Crippen molar-refractivity contribution in [1.82, 2.24) is 4.90 Å². The van der Waals surface area contributed by atoms with Crippen molar-refractivity contribution in [2.24, 2.45) is 0 Å². The molecule has 3 rings (SSSR count). The molecule has 2 atom stereocenters. The fraction of sp³-hybridized carbons (Fsp3) is 0.417. The van der Waals surface area contributed by atoms with Crippen LogP contribution in [0.1, 0.15) is 36.9 Å². The van der Waals surface area contributed by atoms with Crippen LogP contribution in [-0.4, -0.2) is 48.5 Å². The highest BCUT2D eigenvalue weighted by atomic mass is 32.2. The first-order valence-corrected chi connectivity index (χ1v) is 11.5. The molecular formula is C24H30N2O4S. The Labute approximate surface area is 188 Å². The number of likely N-dealkylation sites (tertiary alicyclic amines) is 1. The van der Waals surface area contributed by atoms with E-state index in [4.69, 9.17) is 9.47 Å². The van der Waals surface area contributed by atoms with E-state index in [2.05, 4.69) is 5.32 Å². The Morgan fingerprint density at radius 1 is 1.16 bits per heavy atom. The van der Waals surface area contributed by atoms with Gasteiger partial charge >= 0.3 is 0 Å². The van der Waals surface area contributed by atoms with Gasteiger partial charge in [-0.1, -0.05) is 17.7 Å². The third-order valence-corrected chi connectivity index (χ3v) is 6.61. The molecule has 0 spiro atoms. The number of carbonyl (C=O) groups is 2. The van der Waals surface area contributed by atoms with Crippen LogP contribution in [0.2, 0.25) is 0 Å². The van der Waals surface area contributed by atoms with Gasteiger partial charge in [0.05, 0.1) is 31.3 Å². The van der Waals surface area contributed by atoms with Crippen LogP contribution < -0.4 is 14.8 Å². The molecular weight excluding hydrogens is 412 g/mol. The zero-order valence-corrected chi connectivity index (χ0v) is 19.3. The normalized spacial score (nSPS) is 16.6.